The quantitative estimate of drug-likeness (QED) is 0.525. The van der Waals surface area contributed by atoms with E-state index in [-0.39, 0.29) is 0 Å². The molecular weight excluding hydrogens is 182 g/mol. The molecule has 4 heteroatoms. The van der Waals surface area contributed by atoms with Crippen LogP contribution >= 0.6 is 28.2 Å². The second-order valence-electron chi connectivity index (χ2n) is 1.75. The van der Waals surface area contributed by atoms with E-state index in [4.69, 9.17) is 34.6 Å². The number of halogens is 2. The maximum absolute atomic E-state index is 5.83. The molecular formula is C4H5Cl2PS. The van der Waals surface area contributed by atoms with Crippen LogP contribution in [0.5, 0.6) is 0 Å². The highest BCUT2D eigenvalue weighted by molar-refractivity contribution is 8.28. The van der Waals surface area contributed by atoms with Crippen LogP contribution in [0.4, 0.5) is 0 Å². The van der Waals surface area contributed by atoms with Crippen molar-refractivity contribution in [3.05, 3.63) is 10.8 Å². The Balaban J connectivity index is 2.82. The maximum Gasteiger partial charge on any atom is 0.0605 e. The molecule has 1 aliphatic rings. The normalized spacial score (nSPS) is 37.5. The smallest absolute Gasteiger partial charge is 0.0605 e. The molecule has 0 bridgehead atoms. The molecule has 0 aromatic heterocycles. The van der Waals surface area contributed by atoms with Crippen molar-refractivity contribution >= 4 is 40.0 Å². The first-order valence-electron chi connectivity index (χ1n) is 2.26. The van der Waals surface area contributed by atoms with Crippen LogP contribution in [0.2, 0.25) is 0 Å². The Morgan fingerprint density at radius 1 is 1.75 bits per heavy atom. The number of hydrogen-bond donors (Lipinski definition) is 0. The van der Waals surface area contributed by atoms with Crippen LogP contribution in [0.15, 0.2) is 10.8 Å². The summed E-state index contributed by atoms with van der Waals surface area (Å²) in [6.45, 7) is 0. The highest BCUT2D eigenvalue weighted by atomic mass is 35.7. The van der Waals surface area contributed by atoms with Gasteiger partial charge in [-0.25, -0.2) is 0 Å². The van der Waals surface area contributed by atoms with Gasteiger partial charge in [0.15, 0.2) is 0 Å². The third-order valence-corrected chi connectivity index (χ3v) is 4.63. The van der Waals surface area contributed by atoms with Crippen LogP contribution in [0.25, 0.3) is 0 Å². The fraction of sp³-hybridized carbons (Fsp3) is 0.500. The fourth-order valence-corrected chi connectivity index (χ4v) is 4.13. The summed E-state index contributed by atoms with van der Waals surface area (Å²) in [5.74, 6) is 1.84. The van der Waals surface area contributed by atoms with Crippen molar-refractivity contribution in [2.45, 2.75) is 6.42 Å². The molecule has 0 aromatic carbocycles. The van der Waals surface area contributed by atoms with E-state index in [1.54, 1.807) is 0 Å². The highest BCUT2D eigenvalue weighted by Gasteiger charge is 2.17. The number of rotatable bonds is 0. The number of hydrogen-bond acceptors (Lipinski definition) is 1. The van der Waals surface area contributed by atoms with Gasteiger partial charge in [0.05, 0.1) is 5.39 Å². The molecule has 1 unspecified atom stereocenters. The lowest BCUT2D eigenvalue weighted by Crippen LogP contribution is -1.67. The minimum atomic E-state index is -1.59. The molecule has 46 valence electrons. The molecule has 0 fully saturated rings. The Kier molecular flexibility index (Phi) is 2.04. The molecule has 0 aliphatic carbocycles. The third kappa shape index (κ3) is 1.73. The van der Waals surface area contributed by atoms with E-state index in [9.17, 15) is 0 Å². The third-order valence-electron chi connectivity index (χ3n) is 0.988. The summed E-state index contributed by atoms with van der Waals surface area (Å²) in [6.07, 6.45) is 1.80. The fourth-order valence-electron chi connectivity index (χ4n) is 0.598. The summed E-state index contributed by atoms with van der Waals surface area (Å²) in [5.41, 5.74) is 0. The summed E-state index contributed by atoms with van der Waals surface area (Å²) < 4.78 is 0. The Morgan fingerprint density at radius 3 is 2.50 bits per heavy atom. The van der Waals surface area contributed by atoms with Gasteiger partial charge in [0, 0.05) is 5.03 Å². The Hall–Kier alpha value is 0.970. The van der Waals surface area contributed by atoms with Gasteiger partial charge >= 0.3 is 0 Å². The second kappa shape index (κ2) is 2.30. The predicted octanol–water partition coefficient (Wildman–Crippen LogP) is 3.10. The topological polar surface area (TPSA) is 0 Å². The number of allylic oxidation sites excluding steroid dienone is 1. The Labute approximate surface area is 63.7 Å². The van der Waals surface area contributed by atoms with Gasteiger partial charge in [0.25, 0.3) is 0 Å². The summed E-state index contributed by atoms with van der Waals surface area (Å²) in [5, 5.41) is -0.737. The largest absolute Gasteiger partial charge is 0.0890 e. The van der Waals surface area contributed by atoms with Gasteiger partial charge in [0.1, 0.15) is 0 Å². The minimum absolute atomic E-state index is 0.850. The summed E-state index contributed by atoms with van der Waals surface area (Å²) in [7, 11) is 0. The molecule has 0 saturated heterocycles. The van der Waals surface area contributed by atoms with Gasteiger partial charge in [0.2, 0.25) is 0 Å². The van der Waals surface area contributed by atoms with Crippen molar-refractivity contribution in [1.29, 1.82) is 0 Å². The first-order chi connectivity index (χ1) is 3.60. The minimum Gasteiger partial charge on any atom is -0.0890 e. The molecule has 0 radical (unpaired) electrons. The zero-order valence-electron chi connectivity index (χ0n) is 4.10. The van der Waals surface area contributed by atoms with Gasteiger partial charge in [-0.15, -0.1) is 0 Å². The molecule has 0 saturated carbocycles. The first kappa shape index (κ1) is 7.08. The lowest BCUT2D eigenvalue weighted by Gasteiger charge is -1.95. The van der Waals surface area contributed by atoms with Crippen molar-refractivity contribution in [3.8, 4) is 0 Å². The summed E-state index contributed by atoms with van der Waals surface area (Å²) in [4.78, 5) is 0. The highest BCUT2D eigenvalue weighted by Crippen LogP contribution is 2.59. The molecule has 1 aliphatic heterocycles. The van der Waals surface area contributed by atoms with Crippen molar-refractivity contribution in [1.82, 2.24) is 0 Å². The first-order valence-corrected chi connectivity index (χ1v) is 6.60. The van der Waals surface area contributed by atoms with Crippen molar-refractivity contribution < 1.29 is 0 Å². The molecule has 8 heavy (non-hydrogen) atoms. The van der Waals surface area contributed by atoms with Crippen LogP contribution in [-0.4, -0.2) is 6.16 Å². The van der Waals surface area contributed by atoms with E-state index >= 15 is 0 Å². The molecule has 0 spiro atoms. The van der Waals surface area contributed by atoms with Gasteiger partial charge < -0.3 is 0 Å². The second-order valence-corrected chi connectivity index (χ2v) is 8.72. The van der Waals surface area contributed by atoms with Crippen molar-refractivity contribution in [2.24, 2.45) is 0 Å². The molecule has 0 aromatic rings. The molecule has 1 rings (SSSR count). The zero-order chi connectivity index (χ0) is 6.20. The zero-order valence-corrected chi connectivity index (χ0v) is 7.33. The molecule has 0 nitrogen and oxygen atoms in total. The van der Waals surface area contributed by atoms with E-state index in [0.29, 0.717) is 0 Å². The molecule has 1 heterocycles. The average molecular weight is 187 g/mol. The van der Waals surface area contributed by atoms with Gasteiger partial charge in [-0.1, -0.05) is 34.6 Å². The van der Waals surface area contributed by atoms with E-state index < -0.39 is 5.39 Å². The molecule has 0 N–H and O–H groups in total. The molecule has 1 atom stereocenters. The Morgan fingerprint density at radius 2 is 2.38 bits per heavy atom. The van der Waals surface area contributed by atoms with E-state index in [2.05, 4.69) is 0 Å². The van der Waals surface area contributed by atoms with E-state index in [1.165, 1.54) is 0 Å². The lowest BCUT2D eigenvalue weighted by atomic mass is 10.5. The summed E-state index contributed by atoms with van der Waals surface area (Å²) in [6, 6.07) is 0. The average Bonchev–Trinajstić information content (AvgIpc) is 1.82. The van der Waals surface area contributed by atoms with Crippen molar-refractivity contribution in [2.75, 3.05) is 6.16 Å². The van der Waals surface area contributed by atoms with Crippen LogP contribution in [-0.2, 0) is 11.8 Å². The van der Waals surface area contributed by atoms with Gasteiger partial charge in [-0.05, 0) is 18.4 Å². The van der Waals surface area contributed by atoms with E-state index in [0.717, 1.165) is 17.6 Å². The van der Waals surface area contributed by atoms with Crippen LogP contribution < -0.4 is 0 Å². The van der Waals surface area contributed by atoms with Crippen molar-refractivity contribution in [3.63, 3.8) is 0 Å². The van der Waals surface area contributed by atoms with Crippen LogP contribution in [0.1, 0.15) is 6.42 Å². The SMILES string of the molecule is S=P1(Cl)C=C(Cl)CC1. The standard InChI is InChI=1S/C4H5Cl2PS/c5-4-1-2-7(6,8)3-4/h3H,1-2H2. The maximum atomic E-state index is 5.83. The lowest BCUT2D eigenvalue weighted by molar-refractivity contribution is 1.24. The van der Waals surface area contributed by atoms with Crippen LogP contribution in [0, 0.1) is 0 Å². The van der Waals surface area contributed by atoms with Gasteiger partial charge in [-0.2, -0.15) is 0 Å². The van der Waals surface area contributed by atoms with Gasteiger partial charge in [-0.3, -0.25) is 0 Å². The predicted molar refractivity (Wildman–Crippen MR) is 43.6 cm³/mol. The summed E-state index contributed by atoms with van der Waals surface area (Å²) >= 11 is 16.5. The van der Waals surface area contributed by atoms with E-state index in [1.807, 2.05) is 5.82 Å². The monoisotopic (exact) mass is 186 g/mol. The van der Waals surface area contributed by atoms with Crippen LogP contribution in [0.3, 0.4) is 0 Å². The Bertz CT molecular complexity index is 175. The molecule has 0 amide bonds.